The molecule has 2 aromatic rings. The van der Waals surface area contributed by atoms with E-state index in [1.165, 1.54) is 38.5 Å². The number of benzene rings is 2. The lowest BCUT2D eigenvalue weighted by atomic mass is 10.2. The summed E-state index contributed by atoms with van der Waals surface area (Å²) in [6.07, 6.45) is 1.63. The molecule has 1 saturated carbocycles. The second kappa shape index (κ2) is 9.43. The Balaban J connectivity index is 1.75. The van der Waals surface area contributed by atoms with E-state index in [9.17, 15) is 16.8 Å². The van der Waals surface area contributed by atoms with E-state index in [2.05, 4.69) is 9.44 Å². The third-order valence-corrected chi connectivity index (χ3v) is 7.57. The van der Waals surface area contributed by atoms with Crippen LogP contribution in [0.15, 0.2) is 46.2 Å². The molecular weight excluding hydrogens is 444 g/mol. The van der Waals surface area contributed by atoms with E-state index in [1.807, 2.05) is 6.92 Å². The first-order valence-electron chi connectivity index (χ1n) is 9.70. The molecule has 0 radical (unpaired) electrons. The number of hydrogen-bond acceptors (Lipinski definition) is 7. The molecule has 0 unspecified atom stereocenters. The highest BCUT2D eigenvalue weighted by Gasteiger charge is 2.28. The number of rotatable bonds is 11. The van der Waals surface area contributed by atoms with Crippen LogP contribution in [0.1, 0.15) is 25.3 Å². The van der Waals surface area contributed by atoms with Crippen LogP contribution in [0.25, 0.3) is 0 Å². The van der Waals surface area contributed by atoms with Crippen molar-refractivity contribution in [1.82, 2.24) is 9.44 Å². The van der Waals surface area contributed by atoms with Crippen molar-refractivity contribution in [3.05, 3.63) is 42.0 Å². The molecule has 1 fully saturated rings. The minimum atomic E-state index is -3.87. The zero-order valence-corrected chi connectivity index (χ0v) is 19.2. The molecule has 0 aromatic heterocycles. The minimum Gasteiger partial charge on any atom is -0.493 e. The Labute approximate surface area is 182 Å². The first-order chi connectivity index (χ1) is 14.7. The molecule has 0 saturated heterocycles. The van der Waals surface area contributed by atoms with Gasteiger partial charge in [0.15, 0.2) is 11.5 Å². The van der Waals surface area contributed by atoms with Crippen molar-refractivity contribution in [2.45, 2.75) is 42.1 Å². The normalized spacial score (nSPS) is 14.3. The van der Waals surface area contributed by atoms with Gasteiger partial charge in [0, 0.05) is 12.6 Å². The third kappa shape index (κ3) is 5.67. The van der Waals surface area contributed by atoms with Crippen LogP contribution in [0.3, 0.4) is 0 Å². The molecule has 31 heavy (non-hydrogen) atoms. The molecule has 3 rings (SSSR count). The second-order valence-electron chi connectivity index (χ2n) is 6.95. The summed E-state index contributed by atoms with van der Waals surface area (Å²) in [5.41, 5.74) is 0.605. The van der Waals surface area contributed by atoms with Gasteiger partial charge >= 0.3 is 0 Å². The van der Waals surface area contributed by atoms with Crippen LogP contribution in [-0.2, 0) is 26.6 Å². The number of ether oxygens (including phenoxy) is 3. The third-order valence-electron chi connectivity index (χ3n) is 4.62. The van der Waals surface area contributed by atoms with Crippen LogP contribution in [0, 0.1) is 0 Å². The van der Waals surface area contributed by atoms with E-state index in [0.717, 1.165) is 12.8 Å². The molecular formula is C20H26N2O7S2. The minimum absolute atomic E-state index is 0.0231. The maximum atomic E-state index is 12.7. The van der Waals surface area contributed by atoms with Gasteiger partial charge in [0.1, 0.15) is 0 Å². The highest BCUT2D eigenvalue weighted by molar-refractivity contribution is 7.90. The van der Waals surface area contributed by atoms with Gasteiger partial charge in [-0.2, -0.15) is 0 Å². The summed E-state index contributed by atoms with van der Waals surface area (Å²) in [5.74, 6) is 1.29. The van der Waals surface area contributed by atoms with Gasteiger partial charge in [0.25, 0.3) is 0 Å². The Bertz CT molecular complexity index is 1100. The first-order valence-corrected chi connectivity index (χ1v) is 12.7. The van der Waals surface area contributed by atoms with Crippen molar-refractivity contribution in [3.63, 3.8) is 0 Å². The molecule has 11 heteroatoms. The van der Waals surface area contributed by atoms with Crippen LogP contribution in [-0.4, -0.2) is 43.7 Å². The molecule has 170 valence electrons. The van der Waals surface area contributed by atoms with Gasteiger partial charge in [0.05, 0.1) is 30.6 Å². The fourth-order valence-corrected chi connectivity index (χ4v) is 5.19. The van der Waals surface area contributed by atoms with Crippen molar-refractivity contribution >= 4 is 20.0 Å². The molecule has 2 N–H and O–H groups in total. The highest BCUT2D eigenvalue weighted by Crippen LogP contribution is 2.38. The highest BCUT2D eigenvalue weighted by atomic mass is 32.2. The van der Waals surface area contributed by atoms with Gasteiger partial charge in [0.2, 0.25) is 25.8 Å². The number of methoxy groups -OCH3 is 2. The van der Waals surface area contributed by atoms with Crippen molar-refractivity contribution < 1.29 is 31.0 Å². The summed E-state index contributed by atoms with van der Waals surface area (Å²) >= 11 is 0. The molecule has 1 aliphatic rings. The maximum absolute atomic E-state index is 12.7. The zero-order valence-electron chi connectivity index (χ0n) is 17.5. The molecule has 0 atom stereocenters. The molecule has 0 bridgehead atoms. The molecule has 0 amide bonds. The van der Waals surface area contributed by atoms with Gasteiger partial charge in [-0.15, -0.1) is 0 Å². The lowest BCUT2D eigenvalue weighted by Crippen LogP contribution is -2.26. The Hall–Kier alpha value is -2.34. The summed E-state index contributed by atoms with van der Waals surface area (Å²) in [5, 5.41) is 0. The van der Waals surface area contributed by atoms with Crippen LogP contribution in [0.2, 0.25) is 0 Å². The summed E-state index contributed by atoms with van der Waals surface area (Å²) in [6, 6.07) is 8.39. The van der Waals surface area contributed by atoms with Gasteiger partial charge in [-0.05, 0) is 61.7 Å². The second-order valence-corrected chi connectivity index (χ2v) is 10.4. The standard InChI is InChI=1S/C20H26N2O7S2/c1-4-29-20-18(27-2)11-14(12-19(20)28-3)13-21-30(23,24)16-7-9-17(10-8-16)31(25,26)22-15-5-6-15/h7-12,15,21-22H,4-6,13H2,1-3H3. The summed E-state index contributed by atoms with van der Waals surface area (Å²) < 4.78 is 71.1. The van der Waals surface area contributed by atoms with E-state index in [-0.39, 0.29) is 22.4 Å². The van der Waals surface area contributed by atoms with E-state index >= 15 is 0 Å². The fraction of sp³-hybridized carbons (Fsp3) is 0.400. The van der Waals surface area contributed by atoms with Crippen LogP contribution < -0.4 is 23.7 Å². The molecule has 1 aliphatic carbocycles. The molecule has 2 aromatic carbocycles. The Morgan fingerprint density at radius 3 is 1.87 bits per heavy atom. The van der Waals surface area contributed by atoms with Gasteiger partial charge in [-0.3, -0.25) is 0 Å². The molecule has 0 heterocycles. The Kier molecular flexibility index (Phi) is 7.10. The van der Waals surface area contributed by atoms with Crippen molar-refractivity contribution in [1.29, 1.82) is 0 Å². The fourth-order valence-electron chi connectivity index (χ4n) is 2.87. The first kappa shape index (κ1) is 23.3. The SMILES string of the molecule is CCOc1c(OC)cc(CNS(=O)(=O)c2ccc(S(=O)(=O)NC3CC3)cc2)cc1OC. The van der Waals surface area contributed by atoms with E-state index in [1.54, 1.807) is 12.1 Å². The largest absolute Gasteiger partial charge is 0.493 e. The topological polar surface area (TPSA) is 120 Å². The predicted octanol–water partition coefficient (Wildman–Crippen LogP) is 2.02. The van der Waals surface area contributed by atoms with Gasteiger partial charge < -0.3 is 14.2 Å². The lowest BCUT2D eigenvalue weighted by Gasteiger charge is -2.15. The summed E-state index contributed by atoms with van der Waals surface area (Å²) in [6.45, 7) is 2.23. The van der Waals surface area contributed by atoms with Crippen LogP contribution >= 0.6 is 0 Å². The van der Waals surface area contributed by atoms with Crippen molar-refractivity contribution in [2.75, 3.05) is 20.8 Å². The average molecular weight is 471 g/mol. The smallest absolute Gasteiger partial charge is 0.240 e. The maximum Gasteiger partial charge on any atom is 0.240 e. The van der Waals surface area contributed by atoms with E-state index in [0.29, 0.717) is 29.4 Å². The monoisotopic (exact) mass is 470 g/mol. The summed E-state index contributed by atoms with van der Waals surface area (Å²) in [4.78, 5) is -0.0120. The van der Waals surface area contributed by atoms with Crippen molar-refractivity contribution in [3.8, 4) is 17.2 Å². The molecule has 9 nitrogen and oxygen atoms in total. The van der Waals surface area contributed by atoms with Gasteiger partial charge in [-0.25, -0.2) is 26.3 Å². The number of nitrogens with one attached hydrogen (secondary N) is 2. The zero-order chi connectivity index (χ0) is 22.6. The van der Waals surface area contributed by atoms with Gasteiger partial charge in [-0.1, -0.05) is 0 Å². The van der Waals surface area contributed by atoms with E-state index in [4.69, 9.17) is 14.2 Å². The summed E-state index contributed by atoms with van der Waals surface area (Å²) in [7, 11) is -4.54. The van der Waals surface area contributed by atoms with Crippen molar-refractivity contribution in [2.24, 2.45) is 0 Å². The molecule has 0 aliphatic heterocycles. The average Bonchev–Trinajstić information content (AvgIpc) is 3.56. The Morgan fingerprint density at radius 2 is 1.42 bits per heavy atom. The number of hydrogen-bond donors (Lipinski definition) is 2. The van der Waals surface area contributed by atoms with Crippen LogP contribution in [0.5, 0.6) is 17.2 Å². The van der Waals surface area contributed by atoms with Crippen LogP contribution in [0.4, 0.5) is 0 Å². The molecule has 0 spiro atoms. The lowest BCUT2D eigenvalue weighted by molar-refractivity contribution is 0.288. The number of sulfonamides is 2. The Morgan fingerprint density at radius 1 is 0.903 bits per heavy atom. The predicted molar refractivity (Wildman–Crippen MR) is 115 cm³/mol. The quantitative estimate of drug-likeness (QED) is 0.515. The van der Waals surface area contributed by atoms with E-state index < -0.39 is 20.0 Å².